The topological polar surface area (TPSA) is 49.4 Å². The molecule has 6 heteroatoms. The van der Waals surface area contributed by atoms with Crippen molar-refractivity contribution in [1.82, 2.24) is 4.90 Å². The molecule has 160 valence electrons. The van der Waals surface area contributed by atoms with E-state index >= 15 is 0 Å². The molecule has 2 aromatic rings. The summed E-state index contributed by atoms with van der Waals surface area (Å²) in [5, 5.41) is 2.94. The van der Waals surface area contributed by atoms with Gasteiger partial charge in [0.1, 0.15) is 4.32 Å². The second-order valence-electron chi connectivity index (χ2n) is 7.60. The Bertz CT molecular complexity index is 1060. The highest BCUT2D eigenvalue weighted by atomic mass is 32.2. The fourth-order valence-electron chi connectivity index (χ4n) is 3.32. The highest BCUT2D eigenvalue weighted by Gasteiger charge is 2.31. The predicted octanol–water partition coefficient (Wildman–Crippen LogP) is 5.87. The molecule has 1 heterocycles. The Kier molecular flexibility index (Phi) is 7.82. The zero-order chi connectivity index (χ0) is 22.4. The summed E-state index contributed by atoms with van der Waals surface area (Å²) in [6.45, 7) is 6.40. The van der Waals surface area contributed by atoms with Crippen LogP contribution in [0.3, 0.4) is 0 Å². The maximum absolute atomic E-state index is 12.8. The molecular weight excluding hydrogens is 424 g/mol. The highest BCUT2D eigenvalue weighted by Crippen LogP contribution is 2.32. The SMILES string of the molecule is CC(/C=C1\SC(=S)N(CCCC(=O)Nc2ccc(C)cc2C)C1=O)=C\c1ccccc1. The summed E-state index contributed by atoms with van der Waals surface area (Å²) in [4.78, 5) is 27.3. The Morgan fingerprint density at radius 1 is 1.16 bits per heavy atom. The van der Waals surface area contributed by atoms with Crippen molar-refractivity contribution < 1.29 is 9.59 Å². The lowest BCUT2D eigenvalue weighted by atomic mass is 10.1. The fraction of sp³-hybridized carbons (Fsp3) is 0.240. The summed E-state index contributed by atoms with van der Waals surface area (Å²) in [7, 11) is 0. The van der Waals surface area contributed by atoms with E-state index in [-0.39, 0.29) is 11.8 Å². The number of anilines is 1. The molecule has 0 bridgehead atoms. The number of aryl methyl sites for hydroxylation is 2. The predicted molar refractivity (Wildman–Crippen MR) is 134 cm³/mol. The number of nitrogens with zero attached hydrogens (tertiary/aromatic N) is 1. The quantitative estimate of drug-likeness (QED) is 0.423. The van der Waals surface area contributed by atoms with Crippen LogP contribution in [0.5, 0.6) is 0 Å². The van der Waals surface area contributed by atoms with Crippen molar-refractivity contribution in [2.45, 2.75) is 33.6 Å². The van der Waals surface area contributed by atoms with Gasteiger partial charge in [-0.3, -0.25) is 14.5 Å². The summed E-state index contributed by atoms with van der Waals surface area (Å²) < 4.78 is 0.540. The van der Waals surface area contributed by atoms with Gasteiger partial charge in [0.15, 0.2) is 0 Å². The van der Waals surface area contributed by atoms with Crippen molar-refractivity contribution in [3.05, 3.63) is 81.8 Å². The second kappa shape index (κ2) is 10.6. The van der Waals surface area contributed by atoms with Gasteiger partial charge in [-0.25, -0.2) is 0 Å². The minimum atomic E-state index is -0.0920. The van der Waals surface area contributed by atoms with E-state index in [0.717, 1.165) is 28.0 Å². The molecule has 1 saturated heterocycles. The summed E-state index contributed by atoms with van der Waals surface area (Å²) in [5.41, 5.74) is 5.09. The number of thioether (sulfide) groups is 1. The molecule has 1 N–H and O–H groups in total. The third-order valence-corrected chi connectivity index (χ3v) is 6.25. The largest absolute Gasteiger partial charge is 0.326 e. The van der Waals surface area contributed by atoms with Crippen LogP contribution in [0.15, 0.2) is 65.1 Å². The van der Waals surface area contributed by atoms with E-state index in [1.807, 2.05) is 81.5 Å². The van der Waals surface area contributed by atoms with Gasteiger partial charge in [0.25, 0.3) is 5.91 Å². The van der Waals surface area contributed by atoms with Crippen LogP contribution in [0.4, 0.5) is 5.69 Å². The summed E-state index contributed by atoms with van der Waals surface area (Å²) in [5.74, 6) is -0.153. The molecule has 0 aromatic heterocycles. The van der Waals surface area contributed by atoms with Crippen molar-refractivity contribution in [3.8, 4) is 0 Å². The first kappa shape index (κ1) is 23.0. The minimum absolute atomic E-state index is 0.0606. The average molecular weight is 451 g/mol. The maximum Gasteiger partial charge on any atom is 0.266 e. The zero-order valence-corrected chi connectivity index (χ0v) is 19.6. The van der Waals surface area contributed by atoms with Crippen LogP contribution in [-0.2, 0) is 9.59 Å². The van der Waals surface area contributed by atoms with Crippen LogP contribution in [-0.4, -0.2) is 27.6 Å². The smallest absolute Gasteiger partial charge is 0.266 e. The summed E-state index contributed by atoms with van der Waals surface area (Å²) in [6.07, 6.45) is 4.79. The van der Waals surface area contributed by atoms with Crippen molar-refractivity contribution in [3.63, 3.8) is 0 Å². The molecule has 0 unspecified atom stereocenters. The molecule has 1 fully saturated rings. The molecule has 0 atom stereocenters. The van der Waals surface area contributed by atoms with Crippen molar-refractivity contribution in [2.24, 2.45) is 0 Å². The number of nitrogens with one attached hydrogen (secondary N) is 1. The fourth-order valence-corrected chi connectivity index (χ4v) is 4.68. The van der Waals surface area contributed by atoms with E-state index in [1.165, 1.54) is 11.8 Å². The molecule has 1 aliphatic heterocycles. The third kappa shape index (κ3) is 6.39. The van der Waals surface area contributed by atoms with Gasteiger partial charge >= 0.3 is 0 Å². The number of carbonyl (C=O) groups is 2. The number of hydrogen-bond donors (Lipinski definition) is 1. The first-order valence-corrected chi connectivity index (χ1v) is 11.4. The Labute approximate surface area is 193 Å². The average Bonchev–Trinajstić information content (AvgIpc) is 2.98. The van der Waals surface area contributed by atoms with E-state index < -0.39 is 0 Å². The molecule has 2 amide bonds. The zero-order valence-electron chi connectivity index (χ0n) is 18.0. The Morgan fingerprint density at radius 2 is 1.90 bits per heavy atom. The molecule has 0 spiro atoms. The van der Waals surface area contributed by atoms with E-state index in [1.54, 1.807) is 4.90 Å². The molecule has 0 saturated carbocycles. The van der Waals surface area contributed by atoms with Gasteiger partial charge in [-0.15, -0.1) is 0 Å². The Hall–Kier alpha value is -2.70. The highest BCUT2D eigenvalue weighted by molar-refractivity contribution is 8.26. The lowest BCUT2D eigenvalue weighted by Crippen LogP contribution is -2.29. The Balaban J connectivity index is 1.54. The van der Waals surface area contributed by atoms with Crippen LogP contribution in [0, 0.1) is 13.8 Å². The van der Waals surface area contributed by atoms with Crippen LogP contribution in [0.1, 0.15) is 36.5 Å². The molecule has 0 radical (unpaired) electrons. The van der Waals surface area contributed by atoms with Crippen LogP contribution >= 0.6 is 24.0 Å². The first-order chi connectivity index (χ1) is 14.8. The summed E-state index contributed by atoms with van der Waals surface area (Å²) >= 11 is 6.71. The van der Waals surface area contributed by atoms with Crippen molar-refractivity contribution >= 4 is 51.9 Å². The molecule has 2 aromatic carbocycles. The van der Waals surface area contributed by atoms with Gasteiger partial charge in [-0.05, 0) is 56.0 Å². The molecule has 4 nitrogen and oxygen atoms in total. The number of benzene rings is 2. The van der Waals surface area contributed by atoms with Gasteiger partial charge < -0.3 is 5.32 Å². The normalized spacial score (nSPS) is 15.6. The standard InChI is InChI=1S/C25H26N2O2S2/c1-17-11-12-21(19(3)14-17)26-23(28)10-7-13-27-24(29)22(31-25(27)30)16-18(2)15-20-8-5-4-6-9-20/h4-6,8-9,11-12,14-16H,7,10,13H2,1-3H3,(H,26,28)/b18-15+,22-16-. The van der Waals surface area contributed by atoms with Crippen LogP contribution in [0.2, 0.25) is 0 Å². The van der Waals surface area contributed by atoms with E-state index in [4.69, 9.17) is 12.2 Å². The van der Waals surface area contributed by atoms with Gasteiger partial charge in [-0.1, -0.05) is 78.1 Å². The number of hydrogen-bond acceptors (Lipinski definition) is 4. The summed E-state index contributed by atoms with van der Waals surface area (Å²) in [6, 6.07) is 15.9. The van der Waals surface area contributed by atoms with E-state index in [0.29, 0.717) is 28.6 Å². The number of rotatable bonds is 7. The lowest BCUT2D eigenvalue weighted by Gasteiger charge is -2.14. The molecule has 31 heavy (non-hydrogen) atoms. The maximum atomic E-state index is 12.8. The van der Waals surface area contributed by atoms with Crippen molar-refractivity contribution in [1.29, 1.82) is 0 Å². The molecule has 3 rings (SSSR count). The number of allylic oxidation sites excluding steroid dienone is 2. The number of thiocarbonyl (C=S) groups is 1. The van der Waals surface area contributed by atoms with Gasteiger partial charge in [0.05, 0.1) is 4.91 Å². The lowest BCUT2D eigenvalue weighted by molar-refractivity contribution is -0.122. The molecule has 1 aliphatic rings. The van der Waals surface area contributed by atoms with Crippen LogP contribution < -0.4 is 5.32 Å². The van der Waals surface area contributed by atoms with Gasteiger partial charge in [0.2, 0.25) is 5.91 Å². The van der Waals surface area contributed by atoms with E-state index in [2.05, 4.69) is 5.32 Å². The number of carbonyl (C=O) groups excluding carboxylic acids is 2. The Morgan fingerprint density at radius 3 is 2.61 bits per heavy atom. The monoisotopic (exact) mass is 450 g/mol. The first-order valence-electron chi connectivity index (χ1n) is 10.2. The molecule has 0 aliphatic carbocycles. The van der Waals surface area contributed by atoms with Crippen molar-refractivity contribution in [2.75, 3.05) is 11.9 Å². The van der Waals surface area contributed by atoms with Crippen LogP contribution in [0.25, 0.3) is 6.08 Å². The molecular formula is C25H26N2O2S2. The number of amides is 2. The van der Waals surface area contributed by atoms with Gasteiger partial charge in [-0.2, -0.15) is 0 Å². The van der Waals surface area contributed by atoms with E-state index in [9.17, 15) is 9.59 Å². The minimum Gasteiger partial charge on any atom is -0.326 e. The second-order valence-corrected chi connectivity index (χ2v) is 9.28. The van der Waals surface area contributed by atoms with Gasteiger partial charge in [0, 0.05) is 18.7 Å². The third-order valence-electron chi connectivity index (χ3n) is 4.87.